The van der Waals surface area contributed by atoms with E-state index in [2.05, 4.69) is 29.5 Å². The summed E-state index contributed by atoms with van der Waals surface area (Å²) in [5, 5.41) is 17.6. The Morgan fingerprint density at radius 3 is 2.78 bits per heavy atom. The normalized spacial score (nSPS) is 33.1. The molecule has 178 valence electrons. The van der Waals surface area contributed by atoms with E-state index in [4.69, 9.17) is 4.74 Å². The molecule has 2 aliphatic carbocycles. The van der Waals surface area contributed by atoms with Crippen LogP contribution in [-0.4, -0.2) is 47.8 Å². The lowest BCUT2D eigenvalue weighted by Gasteiger charge is -2.56. The van der Waals surface area contributed by atoms with Gasteiger partial charge in [0.25, 0.3) is 0 Å². The lowest BCUT2D eigenvalue weighted by atomic mass is 9.51. The monoisotopic (exact) mass is 445 g/mol. The van der Waals surface area contributed by atoms with E-state index in [0.717, 1.165) is 31.2 Å². The van der Waals surface area contributed by atoms with E-state index in [-0.39, 0.29) is 46.9 Å². The minimum atomic E-state index is -0.568. The van der Waals surface area contributed by atoms with Crippen molar-refractivity contribution in [2.75, 3.05) is 13.7 Å². The number of pyridine rings is 1. The van der Waals surface area contributed by atoms with Gasteiger partial charge in [-0.3, -0.25) is 14.6 Å². The van der Waals surface area contributed by atoms with Crippen molar-refractivity contribution in [3.63, 3.8) is 0 Å². The number of aliphatic hydroxyl groups excluding tert-OH is 1. The van der Waals surface area contributed by atoms with Gasteiger partial charge in [-0.15, -0.1) is 0 Å². The number of rotatable bonds is 8. The molecule has 2 saturated carbocycles. The average Bonchev–Trinajstić information content (AvgIpc) is 2.78. The number of fused-ring (bicyclic) bond motifs is 1. The fourth-order valence-corrected chi connectivity index (χ4v) is 6.02. The van der Waals surface area contributed by atoms with Gasteiger partial charge in [-0.25, -0.2) is 0 Å². The van der Waals surface area contributed by atoms with Gasteiger partial charge in [0, 0.05) is 44.4 Å². The van der Waals surface area contributed by atoms with Crippen molar-refractivity contribution in [2.24, 2.45) is 29.1 Å². The molecule has 2 aliphatic rings. The quantitative estimate of drug-likeness (QED) is 0.571. The SMILES string of the molecule is COCCC(=O)N[C@H]1CC[C@]2(C)CC[C@@H]([C@H](C)C(=O)NCc3cccnc3)[C@H](O)[C@H]2[C@@H]1C. The molecule has 7 atom stereocenters. The first-order valence-corrected chi connectivity index (χ1v) is 11.9. The van der Waals surface area contributed by atoms with Gasteiger partial charge in [-0.1, -0.05) is 26.8 Å². The van der Waals surface area contributed by atoms with Crippen LogP contribution in [0.3, 0.4) is 0 Å². The molecular weight excluding hydrogens is 406 g/mol. The fourth-order valence-electron chi connectivity index (χ4n) is 6.02. The van der Waals surface area contributed by atoms with E-state index in [1.165, 1.54) is 0 Å². The van der Waals surface area contributed by atoms with Crippen molar-refractivity contribution < 1.29 is 19.4 Å². The van der Waals surface area contributed by atoms with Gasteiger partial charge in [0.15, 0.2) is 0 Å². The molecule has 2 amide bonds. The van der Waals surface area contributed by atoms with Gasteiger partial charge >= 0.3 is 0 Å². The topological polar surface area (TPSA) is 101 Å². The standard InChI is InChI=1S/C25H39N3O4/c1-16(24(31)27-15-18-6-5-12-26-14-18)19-7-10-25(3)11-8-20(17(2)22(25)23(19)30)28-21(29)9-13-32-4/h5-6,12,14,16-17,19-20,22-23,30H,7-11,13,15H2,1-4H3,(H,27,31)(H,28,29)/t16-,17+,19-,20-,22+,23-,25-/m0/s1. The Labute approximate surface area is 191 Å². The number of hydrogen-bond acceptors (Lipinski definition) is 5. The fraction of sp³-hybridized carbons (Fsp3) is 0.720. The largest absolute Gasteiger partial charge is 0.392 e. The molecule has 0 radical (unpaired) electrons. The molecule has 0 spiro atoms. The average molecular weight is 446 g/mol. The van der Waals surface area contributed by atoms with E-state index in [0.29, 0.717) is 19.6 Å². The molecular formula is C25H39N3O4. The maximum absolute atomic E-state index is 12.9. The highest BCUT2D eigenvalue weighted by atomic mass is 16.5. The Bertz CT molecular complexity index is 774. The van der Waals surface area contributed by atoms with Crippen LogP contribution in [0.15, 0.2) is 24.5 Å². The lowest BCUT2D eigenvalue weighted by Crippen LogP contribution is -2.58. The minimum Gasteiger partial charge on any atom is -0.392 e. The predicted molar refractivity (Wildman–Crippen MR) is 122 cm³/mol. The summed E-state index contributed by atoms with van der Waals surface area (Å²) in [5.74, 6) is -0.214. The molecule has 7 heteroatoms. The number of nitrogens with one attached hydrogen (secondary N) is 2. The number of aliphatic hydroxyl groups is 1. The van der Waals surface area contributed by atoms with Gasteiger partial charge in [0.2, 0.25) is 11.8 Å². The van der Waals surface area contributed by atoms with E-state index in [1.54, 1.807) is 19.5 Å². The molecule has 2 fully saturated rings. The zero-order valence-electron chi connectivity index (χ0n) is 19.8. The summed E-state index contributed by atoms with van der Waals surface area (Å²) < 4.78 is 5.02. The van der Waals surface area contributed by atoms with E-state index in [9.17, 15) is 14.7 Å². The number of carbonyl (C=O) groups is 2. The number of ether oxygens (including phenoxy) is 1. The molecule has 32 heavy (non-hydrogen) atoms. The number of methoxy groups -OCH3 is 1. The summed E-state index contributed by atoms with van der Waals surface area (Å²) in [5.41, 5.74) is 0.993. The predicted octanol–water partition coefficient (Wildman–Crippen LogP) is 2.68. The zero-order chi connectivity index (χ0) is 23.3. The van der Waals surface area contributed by atoms with Crippen LogP contribution < -0.4 is 10.6 Å². The second-order valence-corrected chi connectivity index (χ2v) is 10.1. The van der Waals surface area contributed by atoms with Crippen molar-refractivity contribution >= 4 is 11.8 Å². The summed E-state index contributed by atoms with van der Waals surface area (Å²) in [6.45, 7) is 7.18. The minimum absolute atomic E-state index is 0.00250. The first-order chi connectivity index (χ1) is 15.3. The van der Waals surface area contributed by atoms with E-state index >= 15 is 0 Å². The molecule has 0 bridgehead atoms. The van der Waals surface area contributed by atoms with Gasteiger partial charge in [-0.2, -0.15) is 0 Å². The smallest absolute Gasteiger partial charge is 0.223 e. The highest BCUT2D eigenvalue weighted by molar-refractivity contribution is 5.78. The number of nitrogens with zero attached hydrogens (tertiary/aromatic N) is 1. The Balaban J connectivity index is 1.64. The Kier molecular flexibility index (Phi) is 8.28. The Morgan fingerprint density at radius 1 is 1.34 bits per heavy atom. The second kappa shape index (κ2) is 10.8. The summed E-state index contributed by atoms with van der Waals surface area (Å²) in [6.07, 6.45) is 6.97. The van der Waals surface area contributed by atoms with Crippen LogP contribution in [0.2, 0.25) is 0 Å². The summed E-state index contributed by atoms with van der Waals surface area (Å²) in [4.78, 5) is 29.2. The van der Waals surface area contributed by atoms with Crippen molar-refractivity contribution in [3.8, 4) is 0 Å². The third kappa shape index (κ3) is 5.49. The zero-order valence-corrected chi connectivity index (χ0v) is 19.8. The Hall–Kier alpha value is -1.99. The molecule has 0 aromatic carbocycles. The molecule has 3 N–H and O–H groups in total. The molecule has 1 aromatic heterocycles. The number of hydrogen-bond donors (Lipinski definition) is 3. The van der Waals surface area contributed by atoms with Gasteiger partial charge in [-0.05, 0) is 60.5 Å². The third-order valence-corrected chi connectivity index (χ3v) is 8.01. The summed E-state index contributed by atoms with van der Waals surface area (Å²) in [7, 11) is 1.59. The first-order valence-electron chi connectivity index (χ1n) is 11.9. The van der Waals surface area contributed by atoms with Crippen molar-refractivity contribution in [1.82, 2.24) is 15.6 Å². The molecule has 0 unspecified atom stereocenters. The van der Waals surface area contributed by atoms with Crippen LogP contribution in [0.5, 0.6) is 0 Å². The third-order valence-electron chi connectivity index (χ3n) is 8.01. The first kappa shape index (κ1) is 24.6. The number of aromatic nitrogens is 1. The van der Waals surface area contributed by atoms with Crippen LogP contribution in [0.1, 0.15) is 58.4 Å². The number of carbonyl (C=O) groups excluding carboxylic acids is 2. The summed E-state index contributed by atoms with van der Waals surface area (Å²) in [6, 6.07) is 3.83. The Morgan fingerprint density at radius 2 is 2.09 bits per heavy atom. The van der Waals surface area contributed by atoms with Crippen molar-refractivity contribution in [1.29, 1.82) is 0 Å². The van der Waals surface area contributed by atoms with E-state index in [1.807, 2.05) is 19.1 Å². The number of amides is 2. The molecule has 0 saturated heterocycles. The van der Waals surface area contributed by atoms with Gasteiger partial charge in [0.05, 0.1) is 12.7 Å². The van der Waals surface area contributed by atoms with Crippen LogP contribution in [0.25, 0.3) is 0 Å². The summed E-state index contributed by atoms with van der Waals surface area (Å²) >= 11 is 0. The lowest BCUT2D eigenvalue weighted by molar-refractivity contribution is -0.144. The highest BCUT2D eigenvalue weighted by Crippen LogP contribution is 2.55. The maximum Gasteiger partial charge on any atom is 0.223 e. The van der Waals surface area contributed by atoms with Gasteiger partial charge < -0.3 is 20.5 Å². The highest BCUT2D eigenvalue weighted by Gasteiger charge is 2.53. The second-order valence-electron chi connectivity index (χ2n) is 10.1. The van der Waals surface area contributed by atoms with Gasteiger partial charge in [0.1, 0.15) is 0 Å². The van der Waals surface area contributed by atoms with E-state index < -0.39 is 6.10 Å². The van der Waals surface area contributed by atoms with Crippen molar-refractivity contribution in [2.45, 2.75) is 71.6 Å². The van der Waals surface area contributed by atoms with Crippen LogP contribution in [0, 0.1) is 29.1 Å². The molecule has 7 nitrogen and oxygen atoms in total. The van der Waals surface area contributed by atoms with Crippen LogP contribution in [-0.2, 0) is 20.9 Å². The van der Waals surface area contributed by atoms with Crippen LogP contribution in [0.4, 0.5) is 0 Å². The maximum atomic E-state index is 12.9. The van der Waals surface area contributed by atoms with Crippen LogP contribution >= 0.6 is 0 Å². The molecule has 1 aromatic rings. The van der Waals surface area contributed by atoms with Crippen molar-refractivity contribution in [3.05, 3.63) is 30.1 Å². The molecule has 0 aliphatic heterocycles. The molecule has 1 heterocycles. The molecule has 3 rings (SSSR count).